The van der Waals surface area contributed by atoms with Gasteiger partial charge in [-0.3, -0.25) is 0 Å². The lowest BCUT2D eigenvalue weighted by atomic mass is 9.97. The quantitative estimate of drug-likeness (QED) is 0.734. The van der Waals surface area contributed by atoms with Gasteiger partial charge in [-0.05, 0) is 5.92 Å². The minimum Gasteiger partial charge on any atom is -0.424 e. The van der Waals surface area contributed by atoms with E-state index in [-0.39, 0.29) is 6.10 Å². The SMILES string of the molecule is CCC(CC)C(O)CNCc1nnc(C)o1. The van der Waals surface area contributed by atoms with Crippen LogP contribution in [-0.4, -0.2) is 28.0 Å². The van der Waals surface area contributed by atoms with Gasteiger partial charge in [0.05, 0.1) is 12.6 Å². The summed E-state index contributed by atoms with van der Waals surface area (Å²) in [7, 11) is 0. The molecule has 1 atom stereocenters. The van der Waals surface area contributed by atoms with Gasteiger partial charge in [0.1, 0.15) is 0 Å². The van der Waals surface area contributed by atoms with Gasteiger partial charge in [-0.1, -0.05) is 26.7 Å². The predicted molar refractivity (Wildman–Crippen MR) is 60.8 cm³/mol. The van der Waals surface area contributed by atoms with Crippen LogP contribution in [0.25, 0.3) is 0 Å². The van der Waals surface area contributed by atoms with Crippen molar-refractivity contribution in [3.63, 3.8) is 0 Å². The Morgan fingerprint density at radius 1 is 1.31 bits per heavy atom. The summed E-state index contributed by atoms with van der Waals surface area (Å²) in [5.41, 5.74) is 0. The molecule has 0 aliphatic carbocycles. The number of rotatable bonds is 7. The molecule has 0 amide bonds. The Morgan fingerprint density at radius 3 is 2.50 bits per heavy atom. The van der Waals surface area contributed by atoms with Crippen molar-refractivity contribution in [3.05, 3.63) is 11.8 Å². The summed E-state index contributed by atoms with van der Waals surface area (Å²) >= 11 is 0. The Morgan fingerprint density at radius 2 is 2.00 bits per heavy atom. The third kappa shape index (κ3) is 3.90. The van der Waals surface area contributed by atoms with E-state index >= 15 is 0 Å². The summed E-state index contributed by atoms with van der Waals surface area (Å²) in [4.78, 5) is 0. The maximum absolute atomic E-state index is 9.86. The van der Waals surface area contributed by atoms with Gasteiger partial charge in [-0.2, -0.15) is 0 Å². The molecule has 2 N–H and O–H groups in total. The van der Waals surface area contributed by atoms with E-state index in [9.17, 15) is 5.11 Å². The normalized spacial score (nSPS) is 13.3. The van der Waals surface area contributed by atoms with Crippen molar-refractivity contribution in [2.24, 2.45) is 5.92 Å². The lowest BCUT2D eigenvalue weighted by Crippen LogP contribution is -2.32. The smallest absolute Gasteiger partial charge is 0.230 e. The Labute approximate surface area is 96.3 Å². The molecule has 0 spiro atoms. The summed E-state index contributed by atoms with van der Waals surface area (Å²) in [5.74, 6) is 1.49. The third-order valence-electron chi connectivity index (χ3n) is 2.79. The molecule has 0 saturated heterocycles. The van der Waals surface area contributed by atoms with E-state index < -0.39 is 0 Å². The van der Waals surface area contributed by atoms with E-state index in [0.717, 1.165) is 12.8 Å². The number of aliphatic hydroxyl groups is 1. The van der Waals surface area contributed by atoms with Crippen LogP contribution in [0.1, 0.15) is 38.5 Å². The highest BCUT2D eigenvalue weighted by Crippen LogP contribution is 2.12. The number of aromatic nitrogens is 2. The molecule has 0 bridgehead atoms. The summed E-state index contributed by atoms with van der Waals surface area (Å²) < 4.78 is 5.21. The van der Waals surface area contributed by atoms with Crippen molar-refractivity contribution in [3.8, 4) is 0 Å². The Hall–Kier alpha value is -0.940. The summed E-state index contributed by atoms with van der Waals surface area (Å²) in [6, 6.07) is 0. The average molecular weight is 227 g/mol. The van der Waals surface area contributed by atoms with Crippen molar-refractivity contribution < 1.29 is 9.52 Å². The third-order valence-corrected chi connectivity index (χ3v) is 2.79. The molecule has 1 unspecified atom stereocenters. The van der Waals surface area contributed by atoms with Gasteiger partial charge in [0, 0.05) is 13.5 Å². The van der Waals surface area contributed by atoms with Gasteiger partial charge >= 0.3 is 0 Å². The van der Waals surface area contributed by atoms with Gasteiger partial charge in [0.25, 0.3) is 0 Å². The molecule has 16 heavy (non-hydrogen) atoms. The van der Waals surface area contributed by atoms with E-state index in [1.54, 1.807) is 6.92 Å². The first kappa shape index (κ1) is 13.1. The van der Waals surface area contributed by atoms with Crippen LogP contribution in [0.5, 0.6) is 0 Å². The van der Waals surface area contributed by atoms with Crippen molar-refractivity contribution in [1.82, 2.24) is 15.5 Å². The van der Waals surface area contributed by atoms with Gasteiger partial charge in [-0.25, -0.2) is 0 Å². The molecule has 1 aromatic rings. The Kier molecular flexibility index (Phi) is 5.42. The molecule has 0 saturated carbocycles. The topological polar surface area (TPSA) is 71.2 Å². The van der Waals surface area contributed by atoms with Crippen molar-refractivity contribution in [2.45, 2.75) is 46.3 Å². The molecule has 0 radical (unpaired) electrons. The highest BCUT2D eigenvalue weighted by atomic mass is 16.4. The number of hydrogen-bond acceptors (Lipinski definition) is 5. The Balaban J connectivity index is 2.24. The van der Waals surface area contributed by atoms with Crippen molar-refractivity contribution in [2.75, 3.05) is 6.54 Å². The second kappa shape index (κ2) is 6.60. The van der Waals surface area contributed by atoms with Gasteiger partial charge in [0.15, 0.2) is 0 Å². The maximum Gasteiger partial charge on any atom is 0.230 e. The predicted octanol–water partition coefficient (Wildman–Crippen LogP) is 1.26. The number of hydrogen-bond donors (Lipinski definition) is 2. The molecular formula is C11H21N3O2. The zero-order chi connectivity index (χ0) is 12.0. The highest BCUT2D eigenvalue weighted by molar-refractivity contribution is 4.78. The van der Waals surface area contributed by atoms with E-state index in [1.165, 1.54) is 0 Å². The second-order valence-electron chi connectivity index (χ2n) is 3.99. The van der Waals surface area contributed by atoms with E-state index in [1.807, 2.05) is 0 Å². The number of nitrogens with zero attached hydrogens (tertiary/aromatic N) is 2. The van der Waals surface area contributed by atoms with Crippen LogP contribution in [0, 0.1) is 12.8 Å². The largest absolute Gasteiger partial charge is 0.424 e. The van der Waals surface area contributed by atoms with Crippen LogP contribution >= 0.6 is 0 Å². The lowest BCUT2D eigenvalue weighted by Gasteiger charge is -2.19. The number of aliphatic hydroxyl groups excluding tert-OH is 1. The van der Waals surface area contributed by atoms with E-state index in [4.69, 9.17) is 4.42 Å². The molecule has 1 heterocycles. The average Bonchev–Trinajstić information content (AvgIpc) is 2.66. The van der Waals surface area contributed by atoms with Gasteiger partial charge < -0.3 is 14.8 Å². The highest BCUT2D eigenvalue weighted by Gasteiger charge is 2.15. The lowest BCUT2D eigenvalue weighted by molar-refractivity contribution is 0.100. The molecule has 0 aliphatic heterocycles. The standard InChI is InChI=1S/C11H21N3O2/c1-4-9(5-2)10(15)6-12-7-11-14-13-8(3)16-11/h9-10,12,15H,4-7H2,1-3H3. The minimum atomic E-state index is -0.306. The number of nitrogens with one attached hydrogen (secondary N) is 1. The van der Waals surface area contributed by atoms with Crippen LogP contribution in [0.3, 0.4) is 0 Å². The zero-order valence-electron chi connectivity index (χ0n) is 10.2. The molecule has 92 valence electrons. The molecular weight excluding hydrogens is 206 g/mol. The van der Waals surface area contributed by atoms with Crippen LogP contribution < -0.4 is 5.32 Å². The van der Waals surface area contributed by atoms with Crippen LogP contribution in [-0.2, 0) is 6.54 Å². The minimum absolute atomic E-state index is 0.306. The molecule has 1 rings (SSSR count). The fraction of sp³-hybridized carbons (Fsp3) is 0.818. The summed E-state index contributed by atoms with van der Waals surface area (Å²) in [5, 5.41) is 20.6. The maximum atomic E-state index is 9.86. The van der Waals surface area contributed by atoms with E-state index in [2.05, 4.69) is 29.4 Å². The molecule has 0 aromatic carbocycles. The first-order chi connectivity index (χ1) is 7.67. The van der Waals surface area contributed by atoms with Gasteiger partial charge in [0.2, 0.25) is 11.8 Å². The molecule has 1 aromatic heterocycles. The van der Waals surface area contributed by atoms with Crippen molar-refractivity contribution in [1.29, 1.82) is 0 Å². The summed E-state index contributed by atoms with van der Waals surface area (Å²) in [6.45, 7) is 7.03. The molecule has 5 nitrogen and oxygen atoms in total. The van der Waals surface area contributed by atoms with Gasteiger partial charge in [-0.15, -0.1) is 10.2 Å². The van der Waals surface area contributed by atoms with E-state index in [0.29, 0.717) is 30.8 Å². The summed E-state index contributed by atoms with van der Waals surface area (Å²) in [6.07, 6.45) is 1.69. The molecule has 0 aliphatic rings. The van der Waals surface area contributed by atoms with Crippen LogP contribution in [0.4, 0.5) is 0 Å². The fourth-order valence-electron chi connectivity index (χ4n) is 1.74. The fourth-order valence-corrected chi connectivity index (χ4v) is 1.74. The van der Waals surface area contributed by atoms with Crippen LogP contribution in [0.15, 0.2) is 4.42 Å². The zero-order valence-corrected chi connectivity index (χ0v) is 10.2. The van der Waals surface area contributed by atoms with Crippen LogP contribution in [0.2, 0.25) is 0 Å². The molecule has 5 heteroatoms. The first-order valence-electron chi connectivity index (χ1n) is 5.85. The second-order valence-corrected chi connectivity index (χ2v) is 3.99. The Bertz CT molecular complexity index is 297. The van der Waals surface area contributed by atoms with Crippen molar-refractivity contribution >= 4 is 0 Å². The number of aryl methyl sites for hydroxylation is 1. The monoisotopic (exact) mass is 227 g/mol. The molecule has 0 fully saturated rings. The first-order valence-corrected chi connectivity index (χ1v) is 5.85.